The second-order valence-electron chi connectivity index (χ2n) is 6.80. The van der Waals surface area contributed by atoms with E-state index < -0.39 is 0 Å². The second-order valence-corrected chi connectivity index (χ2v) is 7.75. The topological polar surface area (TPSA) is 69.0 Å². The summed E-state index contributed by atoms with van der Waals surface area (Å²) < 4.78 is 7.65. The minimum absolute atomic E-state index is 0.0212. The first-order valence-electron chi connectivity index (χ1n) is 9.33. The van der Waals surface area contributed by atoms with E-state index in [9.17, 15) is 4.79 Å². The Bertz CT molecular complexity index is 578. The van der Waals surface area contributed by atoms with Gasteiger partial charge in [0.15, 0.2) is 5.16 Å². The lowest BCUT2D eigenvalue weighted by molar-refractivity contribution is -0.119. The van der Waals surface area contributed by atoms with Crippen molar-refractivity contribution < 1.29 is 9.53 Å². The van der Waals surface area contributed by atoms with Crippen molar-refractivity contribution in [3.8, 4) is 0 Å². The number of amides is 1. The maximum Gasteiger partial charge on any atom is 0.230 e. The number of rotatable bonds is 8. The van der Waals surface area contributed by atoms with Crippen LogP contribution in [0.5, 0.6) is 0 Å². The van der Waals surface area contributed by atoms with Crippen molar-refractivity contribution >= 4 is 17.7 Å². The summed E-state index contributed by atoms with van der Waals surface area (Å²) in [4.78, 5) is 12.1. The Hall–Kier alpha value is -1.34. The summed E-state index contributed by atoms with van der Waals surface area (Å²) in [5.74, 6) is 1.92. The van der Waals surface area contributed by atoms with Crippen LogP contribution in [0.3, 0.4) is 0 Å². The molecule has 1 aliphatic carbocycles. The van der Waals surface area contributed by atoms with Crippen LogP contribution in [0.15, 0.2) is 17.8 Å². The number of nitrogens with zero attached hydrogens (tertiary/aromatic N) is 3. The Balaban J connectivity index is 1.54. The predicted molar refractivity (Wildman–Crippen MR) is 98.8 cm³/mol. The molecule has 2 heterocycles. The average Bonchev–Trinajstić information content (AvgIpc) is 3.29. The van der Waals surface area contributed by atoms with Crippen molar-refractivity contribution in [2.75, 3.05) is 18.9 Å². The molecule has 0 aromatic carbocycles. The van der Waals surface area contributed by atoms with Crippen molar-refractivity contribution in [3.63, 3.8) is 0 Å². The summed E-state index contributed by atoms with van der Waals surface area (Å²) in [5.41, 5.74) is 0. The SMILES string of the molecule is C=CCn1c(SCC(=O)NC[C@H]2CCCO2)nnc1C1CCCCC1. The minimum Gasteiger partial charge on any atom is -0.376 e. The zero-order chi connectivity index (χ0) is 17.5. The van der Waals surface area contributed by atoms with Crippen molar-refractivity contribution in [1.82, 2.24) is 20.1 Å². The molecule has 3 rings (SSSR count). The van der Waals surface area contributed by atoms with Crippen LogP contribution in [-0.2, 0) is 16.1 Å². The lowest BCUT2D eigenvalue weighted by Gasteiger charge is -2.21. The molecule has 1 saturated carbocycles. The van der Waals surface area contributed by atoms with Gasteiger partial charge >= 0.3 is 0 Å². The van der Waals surface area contributed by atoms with Gasteiger partial charge in [0.1, 0.15) is 5.82 Å². The molecule has 7 heteroatoms. The molecular weight excluding hydrogens is 336 g/mol. The smallest absolute Gasteiger partial charge is 0.230 e. The molecule has 0 radical (unpaired) electrons. The Labute approximate surface area is 153 Å². The molecule has 1 N–H and O–H groups in total. The Morgan fingerprint density at radius 2 is 2.12 bits per heavy atom. The minimum atomic E-state index is 0.0212. The molecule has 1 aromatic rings. The summed E-state index contributed by atoms with van der Waals surface area (Å²) in [5, 5.41) is 12.5. The Morgan fingerprint density at radius 3 is 2.84 bits per heavy atom. The number of thioether (sulfide) groups is 1. The standard InChI is InChI=1S/C18H28N4O2S/c1-2-10-22-17(14-7-4-3-5-8-14)20-21-18(22)25-13-16(23)19-12-15-9-6-11-24-15/h2,14-15H,1,3-13H2,(H,19,23)/t15-/m1/s1. The van der Waals surface area contributed by atoms with Gasteiger partial charge in [-0.3, -0.25) is 4.79 Å². The third kappa shape index (κ3) is 5.07. The third-order valence-corrected chi connectivity index (χ3v) is 5.88. The van der Waals surface area contributed by atoms with Crippen LogP contribution in [0, 0.1) is 0 Å². The molecular formula is C18H28N4O2S. The van der Waals surface area contributed by atoms with E-state index >= 15 is 0 Å². The molecule has 0 bridgehead atoms. The second kappa shape index (κ2) is 9.38. The lowest BCUT2D eigenvalue weighted by Crippen LogP contribution is -2.32. The largest absolute Gasteiger partial charge is 0.376 e. The van der Waals surface area contributed by atoms with Crippen LogP contribution in [-0.4, -0.2) is 45.7 Å². The molecule has 1 aliphatic heterocycles. The van der Waals surface area contributed by atoms with Gasteiger partial charge in [-0.15, -0.1) is 16.8 Å². The number of hydrogen-bond acceptors (Lipinski definition) is 5. The van der Waals surface area contributed by atoms with E-state index in [0.29, 0.717) is 24.8 Å². The number of ether oxygens (including phenoxy) is 1. The molecule has 1 saturated heterocycles. The fourth-order valence-corrected chi connectivity index (χ4v) is 4.37. The first-order valence-corrected chi connectivity index (χ1v) is 10.3. The van der Waals surface area contributed by atoms with Gasteiger partial charge in [0.05, 0.1) is 11.9 Å². The van der Waals surface area contributed by atoms with Gasteiger partial charge < -0.3 is 14.6 Å². The van der Waals surface area contributed by atoms with E-state index in [4.69, 9.17) is 4.74 Å². The van der Waals surface area contributed by atoms with Gasteiger partial charge in [-0.05, 0) is 25.7 Å². The third-order valence-electron chi connectivity index (χ3n) is 4.91. The maximum absolute atomic E-state index is 12.1. The van der Waals surface area contributed by atoms with Crippen molar-refractivity contribution in [2.45, 2.75) is 68.7 Å². The molecule has 138 valence electrons. The highest BCUT2D eigenvalue weighted by atomic mass is 32.2. The first kappa shape index (κ1) is 18.5. The highest BCUT2D eigenvalue weighted by Crippen LogP contribution is 2.33. The van der Waals surface area contributed by atoms with Gasteiger partial charge in [-0.1, -0.05) is 37.1 Å². The van der Waals surface area contributed by atoms with E-state index in [1.807, 2.05) is 6.08 Å². The molecule has 0 unspecified atom stereocenters. The molecule has 25 heavy (non-hydrogen) atoms. The van der Waals surface area contributed by atoms with Gasteiger partial charge in [0.2, 0.25) is 5.91 Å². The number of nitrogens with one attached hydrogen (secondary N) is 1. The number of aromatic nitrogens is 3. The number of allylic oxidation sites excluding steroid dienone is 1. The number of hydrogen-bond donors (Lipinski definition) is 1. The molecule has 2 fully saturated rings. The van der Waals surface area contributed by atoms with Crippen LogP contribution in [0.25, 0.3) is 0 Å². The zero-order valence-corrected chi connectivity index (χ0v) is 15.6. The molecule has 1 atom stereocenters. The maximum atomic E-state index is 12.1. The fourth-order valence-electron chi connectivity index (χ4n) is 3.58. The van der Waals surface area contributed by atoms with Crippen LogP contribution in [0.4, 0.5) is 0 Å². The molecule has 6 nitrogen and oxygen atoms in total. The normalized spacial score (nSPS) is 21.4. The van der Waals surface area contributed by atoms with Crippen LogP contribution < -0.4 is 5.32 Å². The van der Waals surface area contributed by atoms with E-state index in [2.05, 4.69) is 26.7 Å². The highest BCUT2D eigenvalue weighted by molar-refractivity contribution is 7.99. The van der Waals surface area contributed by atoms with Crippen LogP contribution >= 0.6 is 11.8 Å². The van der Waals surface area contributed by atoms with Crippen molar-refractivity contribution in [2.24, 2.45) is 0 Å². The fraction of sp³-hybridized carbons (Fsp3) is 0.722. The van der Waals surface area contributed by atoms with Crippen molar-refractivity contribution in [1.29, 1.82) is 0 Å². The Kier molecular flexibility index (Phi) is 6.93. The summed E-state index contributed by atoms with van der Waals surface area (Å²) in [6.07, 6.45) is 10.4. The summed E-state index contributed by atoms with van der Waals surface area (Å²) in [6.45, 7) is 5.96. The average molecular weight is 365 g/mol. The summed E-state index contributed by atoms with van der Waals surface area (Å²) >= 11 is 1.45. The van der Waals surface area contributed by atoms with Crippen LogP contribution in [0.1, 0.15) is 56.7 Å². The van der Waals surface area contributed by atoms with E-state index in [0.717, 1.165) is 30.4 Å². The quantitative estimate of drug-likeness (QED) is 0.567. The van der Waals surface area contributed by atoms with Gasteiger partial charge in [-0.25, -0.2) is 0 Å². The molecule has 0 spiro atoms. The van der Waals surface area contributed by atoms with Gasteiger partial charge in [0.25, 0.3) is 0 Å². The van der Waals surface area contributed by atoms with Gasteiger partial charge in [-0.2, -0.15) is 0 Å². The molecule has 2 aliphatic rings. The molecule has 1 amide bonds. The highest BCUT2D eigenvalue weighted by Gasteiger charge is 2.23. The monoisotopic (exact) mass is 364 g/mol. The predicted octanol–water partition coefficient (Wildman–Crippen LogP) is 2.90. The van der Waals surface area contributed by atoms with E-state index in [1.165, 1.54) is 43.9 Å². The Morgan fingerprint density at radius 1 is 1.28 bits per heavy atom. The lowest BCUT2D eigenvalue weighted by atomic mass is 9.89. The summed E-state index contributed by atoms with van der Waals surface area (Å²) in [7, 11) is 0. The summed E-state index contributed by atoms with van der Waals surface area (Å²) in [6, 6.07) is 0. The van der Waals surface area contributed by atoms with Crippen molar-refractivity contribution in [3.05, 3.63) is 18.5 Å². The van der Waals surface area contributed by atoms with E-state index in [1.54, 1.807) is 0 Å². The van der Waals surface area contributed by atoms with Crippen LogP contribution in [0.2, 0.25) is 0 Å². The molecule has 1 aromatic heterocycles. The number of carbonyl (C=O) groups excluding carboxylic acids is 1. The number of carbonyl (C=O) groups is 1. The zero-order valence-electron chi connectivity index (χ0n) is 14.8. The van der Waals surface area contributed by atoms with E-state index in [-0.39, 0.29) is 12.0 Å². The first-order chi connectivity index (χ1) is 12.3. The van der Waals surface area contributed by atoms with Gasteiger partial charge in [0, 0.05) is 25.6 Å².